The molecule has 0 aliphatic rings. The highest BCUT2D eigenvalue weighted by atomic mass is 35.5. The van der Waals surface area contributed by atoms with Crippen LogP contribution < -0.4 is 11.1 Å². The van der Waals surface area contributed by atoms with Crippen molar-refractivity contribution in [3.05, 3.63) is 53.1 Å². The van der Waals surface area contributed by atoms with Crippen molar-refractivity contribution in [2.24, 2.45) is 0 Å². The Hall–Kier alpha value is -2.05. The number of sulfone groups is 1. The van der Waals surface area contributed by atoms with Crippen molar-refractivity contribution in [2.75, 3.05) is 17.3 Å². The van der Waals surface area contributed by atoms with Gasteiger partial charge in [0.2, 0.25) is 0 Å². The highest BCUT2D eigenvalue weighted by Crippen LogP contribution is 2.23. The number of hydrogen-bond acceptors (Lipinski definition) is 4. The summed E-state index contributed by atoms with van der Waals surface area (Å²) < 4.78 is 23.4. The van der Waals surface area contributed by atoms with Crippen LogP contribution in [-0.2, 0) is 9.84 Å². The Morgan fingerprint density at radius 1 is 1.19 bits per heavy atom. The lowest BCUT2D eigenvalue weighted by Gasteiger charge is -2.10. The summed E-state index contributed by atoms with van der Waals surface area (Å²) in [7, 11) is -3.44. The second-order valence-electron chi connectivity index (χ2n) is 4.46. The number of para-hydroxylation sites is 1. The highest BCUT2D eigenvalue weighted by Gasteiger charge is 2.15. The van der Waals surface area contributed by atoms with Gasteiger partial charge in [0.15, 0.2) is 9.84 Å². The van der Waals surface area contributed by atoms with Crippen LogP contribution in [0.25, 0.3) is 0 Å². The van der Waals surface area contributed by atoms with Crippen LogP contribution in [0.5, 0.6) is 0 Å². The number of anilines is 2. The van der Waals surface area contributed by atoms with Gasteiger partial charge in [0.1, 0.15) is 0 Å². The molecule has 0 aromatic heterocycles. The van der Waals surface area contributed by atoms with E-state index in [-0.39, 0.29) is 16.3 Å². The first-order valence-corrected chi connectivity index (χ1v) is 8.21. The maximum absolute atomic E-state index is 12.2. The van der Waals surface area contributed by atoms with E-state index in [0.717, 1.165) is 6.26 Å². The third-order valence-electron chi connectivity index (χ3n) is 2.79. The van der Waals surface area contributed by atoms with Gasteiger partial charge >= 0.3 is 0 Å². The largest absolute Gasteiger partial charge is 0.398 e. The molecule has 2 rings (SSSR count). The molecule has 0 radical (unpaired) electrons. The van der Waals surface area contributed by atoms with E-state index in [1.54, 1.807) is 12.1 Å². The van der Waals surface area contributed by atoms with E-state index in [9.17, 15) is 13.2 Å². The van der Waals surface area contributed by atoms with Crippen LogP contribution in [0.2, 0.25) is 5.02 Å². The molecule has 7 heteroatoms. The number of carbonyl (C=O) groups excluding carboxylic acids is 1. The third kappa shape index (κ3) is 3.53. The number of carbonyl (C=O) groups is 1. The van der Waals surface area contributed by atoms with E-state index in [2.05, 4.69) is 5.32 Å². The van der Waals surface area contributed by atoms with Crippen molar-refractivity contribution in [1.82, 2.24) is 0 Å². The Morgan fingerprint density at radius 3 is 2.48 bits per heavy atom. The molecule has 110 valence electrons. The fraction of sp³-hybridized carbons (Fsp3) is 0.0714. The molecule has 2 aromatic rings. The molecule has 0 spiro atoms. The van der Waals surface area contributed by atoms with E-state index >= 15 is 0 Å². The average Bonchev–Trinajstić information content (AvgIpc) is 2.41. The zero-order valence-electron chi connectivity index (χ0n) is 11.1. The van der Waals surface area contributed by atoms with Crippen molar-refractivity contribution < 1.29 is 13.2 Å². The molecule has 0 bridgehead atoms. The summed E-state index contributed by atoms with van der Waals surface area (Å²) in [5.41, 5.74) is 6.43. The number of halogens is 1. The van der Waals surface area contributed by atoms with Gasteiger partial charge in [-0.05, 0) is 30.3 Å². The quantitative estimate of drug-likeness (QED) is 0.849. The molecule has 0 unspecified atom stereocenters. The molecule has 0 atom stereocenters. The zero-order valence-corrected chi connectivity index (χ0v) is 12.7. The summed E-state index contributed by atoms with van der Waals surface area (Å²) in [4.78, 5) is 12.2. The molecule has 0 aliphatic heterocycles. The molecule has 0 heterocycles. The van der Waals surface area contributed by atoms with E-state index in [1.165, 1.54) is 30.3 Å². The molecule has 0 aliphatic carbocycles. The highest BCUT2D eigenvalue weighted by molar-refractivity contribution is 7.90. The molecule has 21 heavy (non-hydrogen) atoms. The normalized spacial score (nSPS) is 11.1. The van der Waals surface area contributed by atoms with Gasteiger partial charge in [0.25, 0.3) is 5.91 Å². The minimum atomic E-state index is -3.44. The minimum Gasteiger partial charge on any atom is -0.398 e. The minimum absolute atomic E-state index is 0.0558. The number of nitrogens with one attached hydrogen (secondary N) is 1. The van der Waals surface area contributed by atoms with Crippen LogP contribution in [0, 0.1) is 0 Å². The SMILES string of the molecule is CS(=O)(=O)c1ccccc1NC(=O)c1ccc(Cl)c(N)c1. The number of benzene rings is 2. The van der Waals surface area contributed by atoms with Gasteiger partial charge in [-0.3, -0.25) is 4.79 Å². The molecular weight excluding hydrogens is 312 g/mol. The number of nitrogen functional groups attached to an aromatic ring is 1. The number of nitrogens with two attached hydrogens (primary N) is 1. The fourth-order valence-electron chi connectivity index (χ4n) is 1.77. The maximum atomic E-state index is 12.2. The molecule has 5 nitrogen and oxygen atoms in total. The van der Waals surface area contributed by atoms with Crippen LogP contribution in [0.4, 0.5) is 11.4 Å². The monoisotopic (exact) mass is 324 g/mol. The van der Waals surface area contributed by atoms with Gasteiger partial charge in [-0.15, -0.1) is 0 Å². The summed E-state index contributed by atoms with van der Waals surface area (Å²) in [6, 6.07) is 10.6. The van der Waals surface area contributed by atoms with E-state index in [0.29, 0.717) is 10.6 Å². The van der Waals surface area contributed by atoms with Gasteiger partial charge in [-0.2, -0.15) is 0 Å². The molecule has 2 aromatic carbocycles. The van der Waals surface area contributed by atoms with Gasteiger partial charge in [0, 0.05) is 11.8 Å². The van der Waals surface area contributed by atoms with Crippen LogP contribution in [0.15, 0.2) is 47.4 Å². The van der Waals surface area contributed by atoms with Crippen molar-refractivity contribution in [3.8, 4) is 0 Å². The number of hydrogen-bond donors (Lipinski definition) is 2. The summed E-state index contributed by atoms with van der Waals surface area (Å²) in [5, 5.41) is 2.91. The van der Waals surface area contributed by atoms with Crippen LogP contribution >= 0.6 is 11.6 Å². The Labute approximate surface area is 127 Å². The number of amides is 1. The zero-order chi connectivity index (χ0) is 15.6. The summed E-state index contributed by atoms with van der Waals surface area (Å²) in [6.07, 6.45) is 1.08. The second kappa shape index (κ2) is 5.75. The fourth-order valence-corrected chi connectivity index (χ4v) is 2.73. The number of rotatable bonds is 3. The molecular formula is C14H13ClN2O3S. The van der Waals surface area contributed by atoms with Gasteiger partial charge in [-0.25, -0.2) is 8.42 Å². The van der Waals surface area contributed by atoms with Crippen molar-refractivity contribution in [1.29, 1.82) is 0 Å². The van der Waals surface area contributed by atoms with E-state index in [1.807, 2.05) is 0 Å². The van der Waals surface area contributed by atoms with E-state index in [4.69, 9.17) is 17.3 Å². The van der Waals surface area contributed by atoms with Crippen molar-refractivity contribution in [2.45, 2.75) is 4.90 Å². The lowest BCUT2D eigenvalue weighted by molar-refractivity contribution is 0.102. The Morgan fingerprint density at radius 2 is 1.86 bits per heavy atom. The van der Waals surface area contributed by atoms with Crippen molar-refractivity contribution in [3.63, 3.8) is 0 Å². The van der Waals surface area contributed by atoms with Gasteiger partial charge in [0.05, 0.1) is 21.3 Å². The predicted octanol–water partition coefficient (Wildman–Crippen LogP) is 2.58. The van der Waals surface area contributed by atoms with Crippen molar-refractivity contribution >= 4 is 38.7 Å². The third-order valence-corrected chi connectivity index (χ3v) is 4.29. The summed E-state index contributed by atoms with van der Waals surface area (Å²) >= 11 is 5.79. The van der Waals surface area contributed by atoms with Crippen LogP contribution in [-0.4, -0.2) is 20.6 Å². The maximum Gasteiger partial charge on any atom is 0.255 e. The Kier molecular flexibility index (Phi) is 4.20. The summed E-state index contributed by atoms with van der Waals surface area (Å²) in [5.74, 6) is -0.463. The lowest BCUT2D eigenvalue weighted by Crippen LogP contribution is -2.14. The molecule has 0 fully saturated rings. The first-order chi connectivity index (χ1) is 9.79. The standard InChI is InChI=1S/C14H13ClN2O3S/c1-21(19,20)13-5-3-2-4-12(13)17-14(18)9-6-7-10(15)11(16)8-9/h2-8H,16H2,1H3,(H,17,18). The smallest absolute Gasteiger partial charge is 0.255 e. The lowest BCUT2D eigenvalue weighted by atomic mass is 10.2. The molecule has 0 saturated carbocycles. The van der Waals surface area contributed by atoms with Crippen LogP contribution in [0.3, 0.4) is 0 Å². The van der Waals surface area contributed by atoms with Gasteiger partial charge in [-0.1, -0.05) is 23.7 Å². The average molecular weight is 325 g/mol. The Bertz CT molecular complexity index is 804. The summed E-state index contributed by atoms with van der Waals surface area (Å²) in [6.45, 7) is 0. The first kappa shape index (κ1) is 15.3. The molecule has 3 N–H and O–H groups in total. The van der Waals surface area contributed by atoms with Crippen LogP contribution in [0.1, 0.15) is 10.4 Å². The van der Waals surface area contributed by atoms with E-state index < -0.39 is 15.7 Å². The topological polar surface area (TPSA) is 89.3 Å². The predicted molar refractivity (Wildman–Crippen MR) is 83.4 cm³/mol. The second-order valence-corrected chi connectivity index (χ2v) is 6.85. The molecule has 0 saturated heterocycles. The first-order valence-electron chi connectivity index (χ1n) is 5.94. The molecule has 1 amide bonds. The van der Waals surface area contributed by atoms with Gasteiger partial charge < -0.3 is 11.1 Å². The Balaban J connectivity index is 2.34.